The molecule has 20 heavy (non-hydrogen) atoms. The Labute approximate surface area is 122 Å². The molecule has 0 radical (unpaired) electrons. The van der Waals surface area contributed by atoms with E-state index < -0.39 is 0 Å². The average molecular weight is 282 g/mol. The van der Waals surface area contributed by atoms with Crippen molar-refractivity contribution in [2.75, 3.05) is 39.3 Å². The average Bonchev–Trinajstić information content (AvgIpc) is 2.83. The highest BCUT2D eigenvalue weighted by Gasteiger charge is 2.22. The number of urea groups is 1. The van der Waals surface area contributed by atoms with E-state index >= 15 is 0 Å². The van der Waals surface area contributed by atoms with Gasteiger partial charge in [-0.05, 0) is 51.7 Å². The number of rotatable bonds is 5. The van der Waals surface area contributed by atoms with E-state index in [2.05, 4.69) is 10.2 Å². The lowest BCUT2D eigenvalue weighted by Gasteiger charge is -2.24. The Morgan fingerprint density at radius 1 is 1.05 bits per heavy atom. The van der Waals surface area contributed by atoms with Crippen LogP contribution >= 0.6 is 0 Å². The molecule has 2 aliphatic rings. The summed E-state index contributed by atoms with van der Waals surface area (Å²) in [6.45, 7) is 5.77. The molecule has 3 N–H and O–H groups in total. The maximum absolute atomic E-state index is 12.3. The fourth-order valence-electron chi connectivity index (χ4n) is 3.21. The van der Waals surface area contributed by atoms with Gasteiger partial charge < -0.3 is 20.9 Å². The minimum atomic E-state index is 0.153. The molecular formula is C15H30N4O. The summed E-state index contributed by atoms with van der Waals surface area (Å²) in [5.41, 5.74) is 5.53. The van der Waals surface area contributed by atoms with Crippen LogP contribution in [-0.2, 0) is 0 Å². The summed E-state index contributed by atoms with van der Waals surface area (Å²) in [5.74, 6) is 0. The molecule has 0 bridgehead atoms. The zero-order chi connectivity index (χ0) is 14.2. The summed E-state index contributed by atoms with van der Waals surface area (Å²) in [4.78, 5) is 16.7. The highest BCUT2D eigenvalue weighted by Crippen LogP contribution is 2.18. The van der Waals surface area contributed by atoms with Crippen LogP contribution in [0.25, 0.3) is 0 Å². The van der Waals surface area contributed by atoms with Crippen LogP contribution in [0.3, 0.4) is 0 Å². The summed E-state index contributed by atoms with van der Waals surface area (Å²) in [5, 5.41) is 3.20. The van der Waals surface area contributed by atoms with Crippen molar-refractivity contribution in [3.05, 3.63) is 0 Å². The number of hydrogen-bond donors (Lipinski definition) is 2. The summed E-state index contributed by atoms with van der Waals surface area (Å²) >= 11 is 0. The monoisotopic (exact) mass is 282 g/mol. The van der Waals surface area contributed by atoms with E-state index in [0.717, 1.165) is 65.0 Å². The second-order valence-corrected chi connectivity index (χ2v) is 6.11. The van der Waals surface area contributed by atoms with Crippen LogP contribution in [0.2, 0.25) is 0 Å². The molecule has 1 aliphatic carbocycles. The van der Waals surface area contributed by atoms with Gasteiger partial charge in [-0.15, -0.1) is 0 Å². The molecule has 1 aliphatic heterocycles. The van der Waals surface area contributed by atoms with Crippen molar-refractivity contribution < 1.29 is 4.79 Å². The molecule has 1 heterocycles. The summed E-state index contributed by atoms with van der Waals surface area (Å²) < 4.78 is 0. The molecule has 2 rings (SSSR count). The SMILES string of the molecule is NCCCCN1CCCN(C(=O)NC2CCCC2)CC1. The van der Waals surface area contributed by atoms with E-state index in [1.54, 1.807) is 0 Å². The quantitative estimate of drug-likeness (QED) is 0.749. The molecule has 0 aromatic carbocycles. The maximum atomic E-state index is 12.3. The Kier molecular flexibility index (Phi) is 6.60. The zero-order valence-corrected chi connectivity index (χ0v) is 12.6. The molecule has 0 spiro atoms. The molecule has 1 saturated heterocycles. The lowest BCUT2D eigenvalue weighted by Crippen LogP contribution is -2.45. The van der Waals surface area contributed by atoms with Crippen molar-refractivity contribution in [1.82, 2.24) is 15.1 Å². The van der Waals surface area contributed by atoms with E-state index in [1.807, 2.05) is 4.90 Å². The number of carbonyl (C=O) groups is 1. The first-order valence-corrected chi connectivity index (χ1v) is 8.27. The third-order valence-corrected chi connectivity index (χ3v) is 4.49. The lowest BCUT2D eigenvalue weighted by atomic mass is 10.2. The first-order chi connectivity index (χ1) is 9.79. The summed E-state index contributed by atoms with van der Waals surface area (Å²) in [6, 6.07) is 0.576. The molecule has 0 atom stereocenters. The molecule has 2 amide bonds. The molecule has 0 aromatic rings. The van der Waals surface area contributed by atoms with Gasteiger partial charge in [-0.2, -0.15) is 0 Å². The normalized spacial score (nSPS) is 21.9. The van der Waals surface area contributed by atoms with Crippen LogP contribution in [0.1, 0.15) is 44.9 Å². The van der Waals surface area contributed by atoms with E-state index in [-0.39, 0.29) is 6.03 Å². The van der Waals surface area contributed by atoms with Gasteiger partial charge in [0.05, 0.1) is 0 Å². The van der Waals surface area contributed by atoms with Crippen LogP contribution in [0.4, 0.5) is 4.79 Å². The standard InChI is InChI=1S/C15H30N4O/c16-8-3-4-9-18-10-5-11-19(13-12-18)15(20)17-14-6-1-2-7-14/h14H,1-13,16H2,(H,17,20). The van der Waals surface area contributed by atoms with Crippen molar-refractivity contribution in [3.63, 3.8) is 0 Å². The largest absolute Gasteiger partial charge is 0.335 e. The molecular weight excluding hydrogens is 252 g/mol. The van der Waals surface area contributed by atoms with Gasteiger partial charge in [0.15, 0.2) is 0 Å². The highest BCUT2D eigenvalue weighted by molar-refractivity contribution is 5.74. The maximum Gasteiger partial charge on any atom is 0.317 e. The second-order valence-electron chi connectivity index (χ2n) is 6.11. The summed E-state index contributed by atoms with van der Waals surface area (Å²) in [7, 11) is 0. The fourth-order valence-corrected chi connectivity index (χ4v) is 3.21. The molecule has 1 saturated carbocycles. The van der Waals surface area contributed by atoms with Crippen molar-refractivity contribution >= 4 is 6.03 Å². The van der Waals surface area contributed by atoms with Gasteiger partial charge in [-0.3, -0.25) is 0 Å². The number of carbonyl (C=O) groups excluding carboxylic acids is 1. The van der Waals surface area contributed by atoms with Crippen LogP contribution in [0.15, 0.2) is 0 Å². The Morgan fingerprint density at radius 3 is 2.60 bits per heavy atom. The van der Waals surface area contributed by atoms with Gasteiger partial charge in [0.1, 0.15) is 0 Å². The van der Waals surface area contributed by atoms with Crippen LogP contribution in [0, 0.1) is 0 Å². The van der Waals surface area contributed by atoms with Crippen LogP contribution < -0.4 is 11.1 Å². The number of nitrogens with zero attached hydrogens (tertiary/aromatic N) is 2. The Bertz CT molecular complexity index is 292. The first-order valence-electron chi connectivity index (χ1n) is 8.27. The number of hydrogen-bond acceptors (Lipinski definition) is 3. The van der Waals surface area contributed by atoms with Crippen LogP contribution in [-0.4, -0.2) is 61.1 Å². The number of nitrogens with one attached hydrogen (secondary N) is 1. The Morgan fingerprint density at radius 2 is 1.85 bits per heavy atom. The minimum Gasteiger partial charge on any atom is -0.335 e. The van der Waals surface area contributed by atoms with E-state index in [0.29, 0.717) is 6.04 Å². The van der Waals surface area contributed by atoms with Gasteiger partial charge in [-0.1, -0.05) is 12.8 Å². The highest BCUT2D eigenvalue weighted by atomic mass is 16.2. The van der Waals surface area contributed by atoms with Gasteiger partial charge in [0, 0.05) is 25.7 Å². The van der Waals surface area contributed by atoms with Crippen molar-refractivity contribution in [2.24, 2.45) is 5.73 Å². The van der Waals surface area contributed by atoms with E-state index in [9.17, 15) is 4.79 Å². The minimum absolute atomic E-state index is 0.153. The molecule has 5 nitrogen and oxygen atoms in total. The number of unbranched alkanes of at least 4 members (excludes halogenated alkanes) is 1. The number of nitrogens with two attached hydrogens (primary N) is 1. The molecule has 5 heteroatoms. The molecule has 116 valence electrons. The Hall–Kier alpha value is -0.810. The van der Waals surface area contributed by atoms with Gasteiger partial charge >= 0.3 is 6.03 Å². The van der Waals surface area contributed by atoms with Crippen molar-refractivity contribution in [3.8, 4) is 0 Å². The first kappa shape index (κ1) is 15.6. The van der Waals surface area contributed by atoms with Crippen LogP contribution in [0.5, 0.6) is 0 Å². The fraction of sp³-hybridized carbons (Fsp3) is 0.933. The van der Waals surface area contributed by atoms with E-state index in [4.69, 9.17) is 5.73 Å². The topological polar surface area (TPSA) is 61.6 Å². The number of amides is 2. The van der Waals surface area contributed by atoms with Gasteiger partial charge in [0.25, 0.3) is 0 Å². The zero-order valence-electron chi connectivity index (χ0n) is 12.6. The molecule has 0 unspecified atom stereocenters. The molecule has 2 fully saturated rings. The molecule has 0 aromatic heterocycles. The third kappa shape index (κ3) is 4.94. The summed E-state index contributed by atoms with van der Waals surface area (Å²) in [6.07, 6.45) is 8.20. The Balaban J connectivity index is 1.69. The third-order valence-electron chi connectivity index (χ3n) is 4.49. The van der Waals surface area contributed by atoms with Gasteiger partial charge in [0.2, 0.25) is 0 Å². The van der Waals surface area contributed by atoms with E-state index in [1.165, 1.54) is 19.3 Å². The predicted octanol–water partition coefficient (Wildman–Crippen LogP) is 1.39. The second kappa shape index (κ2) is 8.47. The van der Waals surface area contributed by atoms with Crippen molar-refractivity contribution in [2.45, 2.75) is 51.0 Å². The van der Waals surface area contributed by atoms with Gasteiger partial charge in [-0.25, -0.2) is 4.79 Å². The lowest BCUT2D eigenvalue weighted by molar-refractivity contribution is 0.194. The smallest absolute Gasteiger partial charge is 0.317 e. The predicted molar refractivity (Wildman–Crippen MR) is 81.7 cm³/mol. The van der Waals surface area contributed by atoms with Crippen molar-refractivity contribution in [1.29, 1.82) is 0 Å².